The number of hydrogen-bond donors (Lipinski definition) is 1. The van der Waals surface area contributed by atoms with Gasteiger partial charge in [-0.2, -0.15) is 9.78 Å². The van der Waals surface area contributed by atoms with E-state index in [-0.39, 0.29) is 23.1 Å². The average Bonchev–Trinajstić information content (AvgIpc) is 3.44. The third-order valence-corrected chi connectivity index (χ3v) is 5.36. The van der Waals surface area contributed by atoms with E-state index in [1.807, 2.05) is 6.07 Å². The molecule has 31 heavy (non-hydrogen) atoms. The van der Waals surface area contributed by atoms with Gasteiger partial charge >= 0.3 is 0 Å². The van der Waals surface area contributed by atoms with Crippen LogP contribution in [0.4, 0.5) is 5.82 Å². The van der Waals surface area contributed by atoms with Crippen molar-refractivity contribution in [2.24, 2.45) is 5.92 Å². The van der Waals surface area contributed by atoms with Crippen LogP contribution in [0.2, 0.25) is 0 Å². The number of likely N-dealkylation sites (tertiary alicyclic amines) is 1. The minimum Gasteiger partial charge on any atom is -0.459 e. The molecule has 9 nitrogen and oxygen atoms in total. The highest BCUT2D eigenvalue weighted by Crippen LogP contribution is 2.27. The molecule has 9 heteroatoms. The molecule has 4 heterocycles. The first-order chi connectivity index (χ1) is 14.8. The van der Waals surface area contributed by atoms with Crippen molar-refractivity contribution in [1.82, 2.24) is 24.6 Å². The van der Waals surface area contributed by atoms with Crippen LogP contribution in [0, 0.1) is 5.92 Å². The number of furan rings is 1. The summed E-state index contributed by atoms with van der Waals surface area (Å²) in [6, 6.07) is 6.94. The van der Waals surface area contributed by atoms with E-state index in [1.54, 1.807) is 40.2 Å². The SMILES string of the molecule is CC(C)(C)c1cc(NC(=O)C2CCN(C(=O)c3ccco3)CC2)n(-c2ncccn2)n1. The highest BCUT2D eigenvalue weighted by atomic mass is 16.3. The highest BCUT2D eigenvalue weighted by Gasteiger charge is 2.30. The molecule has 162 valence electrons. The van der Waals surface area contributed by atoms with Crippen molar-refractivity contribution in [2.45, 2.75) is 39.0 Å². The second-order valence-corrected chi connectivity index (χ2v) is 8.66. The molecular weight excluding hydrogens is 396 g/mol. The Morgan fingerprint density at radius 2 is 1.84 bits per heavy atom. The molecule has 3 aromatic heterocycles. The van der Waals surface area contributed by atoms with Gasteiger partial charge in [0.25, 0.3) is 11.9 Å². The minimum absolute atomic E-state index is 0.0948. The Hall–Kier alpha value is -3.49. The van der Waals surface area contributed by atoms with Gasteiger partial charge in [0.05, 0.1) is 12.0 Å². The zero-order valence-corrected chi connectivity index (χ0v) is 17.9. The van der Waals surface area contributed by atoms with Gasteiger partial charge in [0.15, 0.2) is 5.76 Å². The molecule has 1 fully saturated rings. The summed E-state index contributed by atoms with van der Waals surface area (Å²) >= 11 is 0. The molecule has 0 unspecified atom stereocenters. The van der Waals surface area contributed by atoms with E-state index in [4.69, 9.17) is 4.42 Å². The molecule has 1 aliphatic heterocycles. The van der Waals surface area contributed by atoms with Crippen molar-refractivity contribution >= 4 is 17.6 Å². The number of rotatable bonds is 4. The zero-order chi connectivity index (χ0) is 22.0. The summed E-state index contributed by atoms with van der Waals surface area (Å²) in [5.74, 6) is 0.825. The van der Waals surface area contributed by atoms with Crippen LogP contribution < -0.4 is 5.32 Å². The van der Waals surface area contributed by atoms with Gasteiger partial charge in [0, 0.05) is 42.9 Å². The second-order valence-electron chi connectivity index (χ2n) is 8.66. The third kappa shape index (κ3) is 4.50. The number of nitrogens with one attached hydrogen (secondary N) is 1. The van der Waals surface area contributed by atoms with Gasteiger partial charge in [0.1, 0.15) is 5.82 Å². The van der Waals surface area contributed by atoms with Crippen LogP contribution in [0.25, 0.3) is 5.95 Å². The molecule has 4 rings (SSSR count). The predicted molar refractivity (Wildman–Crippen MR) is 114 cm³/mol. The number of amides is 2. The number of anilines is 1. The fourth-order valence-electron chi connectivity index (χ4n) is 3.52. The summed E-state index contributed by atoms with van der Waals surface area (Å²) in [4.78, 5) is 35.7. The quantitative estimate of drug-likeness (QED) is 0.693. The van der Waals surface area contributed by atoms with Crippen molar-refractivity contribution in [3.05, 3.63) is 54.4 Å². The average molecular weight is 422 g/mol. The third-order valence-electron chi connectivity index (χ3n) is 5.36. The number of carbonyl (C=O) groups is 2. The first-order valence-electron chi connectivity index (χ1n) is 10.3. The zero-order valence-electron chi connectivity index (χ0n) is 17.9. The number of nitrogens with zero attached hydrogens (tertiary/aromatic N) is 5. The van der Waals surface area contributed by atoms with Crippen LogP contribution >= 0.6 is 0 Å². The lowest BCUT2D eigenvalue weighted by molar-refractivity contribution is -0.121. The molecule has 0 spiro atoms. The van der Waals surface area contributed by atoms with Crippen molar-refractivity contribution in [1.29, 1.82) is 0 Å². The van der Waals surface area contributed by atoms with Crippen LogP contribution in [0.5, 0.6) is 0 Å². The van der Waals surface area contributed by atoms with Gasteiger partial charge in [-0.1, -0.05) is 20.8 Å². The molecule has 1 N–H and O–H groups in total. The van der Waals surface area contributed by atoms with E-state index < -0.39 is 0 Å². The monoisotopic (exact) mass is 422 g/mol. The molecule has 0 aromatic carbocycles. The number of hydrogen-bond acceptors (Lipinski definition) is 6. The molecule has 0 bridgehead atoms. The van der Waals surface area contributed by atoms with Crippen LogP contribution in [0.15, 0.2) is 47.3 Å². The summed E-state index contributed by atoms with van der Waals surface area (Å²) in [6.45, 7) is 7.19. The van der Waals surface area contributed by atoms with Crippen LogP contribution in [-0.4, -0.2) is 49.6 Å². The van der Waals surface area contributed by atoms with E-state index in [2.05, 4.69) is 41.2 Å². The summed E-state index contributed by atoms with van der Waals surface area (Å²) in [7, 11) is 0. The molecule has 0 aliphatic carbocycles. The maximum absolute atomic E-state index is 13.0. The van der Waals surface area contributed by atoms with Crippen molar-refractivity contribution < 1.29 is 14.0 Å². The lowest BCUT2D eigenvalue weighted by Gasteiger charge is -2.30. The summed E-state index contributed by atoms with van der Waals surface area (Å²) in [5, 5.41) is 7.63. The fraction of sp³-hybridized carbons (Fsp3) is 0.409. The largest absolute Gasteiger partial charge is 0.459 e. The standard InChI is InChI=1S/C22H26N6O3/c1-22(2,3)17-14-18(28(26-17)21-23-9-5-10-24-21)25-19(29)15-7-11-27(12-8-15)20(30)16-6-4-13-31-16/h4-6,9-10,13-15H,7-8,11-12H2,1-3H3,(H,25,29). The maximum Gasteiger partial charge on any atom is 0.289 e. The number of carbonyl (C=O) groups excluding carboxylic acids is 2. The summed E-state index contributed by atoms with van der Waals surface area (Å²) in [6.07, 6.45) is 5.93. The molecule has 1 saturated heterocycles. The van der Waals surface area contributed by atoms with Crippen molar-refractivity contribution in [3.63, 3.8) is 0 Å². The van der Waals surface area contributed by atoms with Gasteiger partial charge < -0.3 is 14.6 Å². The predicted octanol–water partition coefficient (Wildman–Crippen LogP) is 3.04. The Labute approximate surface area is 180 Å². The van der Waals surface area contributed by atoms with Gasteiger partial charge in [-0.15, -0.1) is 0 Å². The summed E-state index contributed by atoms with van der Waals surface area (Å²) < 4.78 is 6.76. The van der Waals surface area contributed by atoms with Gasteiger partial charge in [0.2, 0.25) is 5.91 Å². The first kappa shape index (κ1) is 20.8. The topological polar surface area (TPSA) is 106 Å². The van der Waals surface area contributed by atoms with Crippen LogP contribution in [0.3, 0.4) is 0 Å². The van der Waals surface area contributed by atoms with E-state index in [0.29, 0.717) is 43.5 Å². The lowest BCUT2D eigenvalue weighted by Crippen LogP contribution is -2.41. The Morgan fingerprint density at radius 1 is 1.13 bits per heavy atom. The Bertz CT molecular complexity index is 1040. The Balaban J connectivity index is 1.46. The molecule has 0 saturated carbocycles. The van der Waals surface area contributed by atoms with E-state index in [1.165, 1.54) is 6.26 Å². The first-order valence-corrected chi connectivity index (χ1v) is 10.3. The number of aromatic nitrogens is 4. The van der Waals surface area contributed by atoms with E-state index in [0.717, 1.165) is 5.69 Å². The highest BCUT2D eigenvalue weighted by molar-refractivity contribution is 5.93. The second kappa shape index (κ2) is 8.33. The van der Waals surface area contributed by atoms with E-state index in [9.17, 15) is 9.59 Å². The van der Waals surface area contributed by atoms with E-state index >= 15 is 0 Å². The summed E-state index contributed by atoms with van der Waals surface area (Å²) in [5.41, 5.74) is 0.631. The Morgan fingerprint density at radius 3 is 2.45 bits per heavy atom. The van der Waals surface area contributed by atoms with Gasteiger partial charge in [-0.05, 0) is 31.0 Å². The van der Waals surface area contributed by atoms with Crippen LogP contribution in [-0.2, 0) is 10.2 Å². The number of piperidine rings is 1. The molecule has 1 aliphatic rings. The molecule has 3 aromatic rings. The van der Waals surface area contributed by atoms with Crippen molar-refractivity contribution in [2.75, 3.05) is 18.4 Å². The van der Waals surface area contributed by atoms with Crippen molar-refractivity contribution in [3.8, 4) is 5.95 Å². The van der Waals surface area contributed by atoms with Gasteiger partial charge in [-0.3, -0.25) is 9.59 Å². The normalized spacial score (nSPS) is 15.1. The van der Waals surface area contributed by atoms with Crippen LogP contribution in [0.1, 0.15) is 49.9 Å². The molecule has 0 radical (unpaired) electrons. The van der Waals surface area contributed by atoms with Gasteiger partial charge in [-0.25, -0.2) is 9.97 Å². The molecule has 2 amide bonds. The lowest BCUT2D eigenvalue weighted by atomic mass is 9.92. The maximum atomic E-state index is 13.0. The minimum atomic E-state index is -0.197. The molecular formula is C22H26N6O3. The smallest absolute Gasteiger partial charge is 0.289 e. The Kier molecular flexibility index (Phi) is 5.58. The fourth-order valence-corrected chi connectivity index (χ4v) is 3.52. The molecule has 0 atom stereocenters.